The first kappa shape index (κ1) is 27.0. The number of ether oxygens (including phenoxy) is 2. The number of carbonyl (C=O) groups is 2. The van der Waals surface area contributed by atoms with Crippen molar-refractivity contribution >= 4 is 29.4 Å². The van der Waals surface area contributed by atoms with Crippen molar-refractivity contribution in [3.63, 3.8) is 0 Å². The summed E-state index contributed by atoms with van der Waals surface area (Å²) >= 11 is 1.53. The van der Waals surface area contributed by atoms with Gasteiger partial charge in [0.25, 0.3) is 0 Å². The van der Waals surface area contributed by atoms with Crippen molar-refractivity contribution in [3.05, 3.63) is 89.5 Å². The zero-order valence-electron chi connectivity index (χ0n) is 23.3. The molecule has 2 aliphatic heterocycles. The van der Waals surface area contributed by atoms with Gasteiger partial charge in [-0.2, -0.15) is 5.10 Å². The van der Waals surface area contributed by atoms with E-state index in [-0.39, 0.29) is 42.2 Å². The van der Waals surface area contributed by atoms with Gasteiger partial charge in [0.2, 0.25) is 18.6 Å². The molecule has 1 N–H and O–H groups in total. The molecular weight excluding hydrogens is 536 g/mol. The van der Waals surface area contributed by atoms with Gasteiger partial charge in [-0.1, -0.05) is 55.5 Å². The summed E-state index contributed by atoms with van der Waals surface area (Å²) in [6, 6.07) is 23.9. The van der Waals surface area contributed by atoms with E-state index in [4.69, 9.17) is 14.6 Å². The molecule has 2 amide bonds. The van der Waals surface area contributed by atoms with Crippen LogP contribution in [-0.2, 0) is 9.59 Å². The third kappa shape index (κ3) is 5.29. The van der Waals surface area contributed by atoms with E-state index in [1.54, 1.807) is 4.90 Å². The molecule has 2 aliphatic rings. The van der Waals surface area contributed by atoms with Crippen LogP contribution in [0.2, 0.25) is 0 Å². The highest BCUT2D eigenvalue weighted by Gasteiger charge is 2.38. The van der Waals surface area contributed by atoms with Crippen LogP contribution in [0, 0.1) is 6.92 Å². The Labute approximate surface area is 243 Å². The fourth-order valence-electron chi connectivity index (χ4n) is 5.17. The number of nitrogens with zero attached hydrogens (tertiary/aromatic N) is 3. The van der Waals surface area contributed by atoms with Gasteiger partial charge in [0.1, 0.15) is 12.4 Å². The SMILES string of the molecule is CC[C@H](C)NC(=O)CN1C(=O)CS[C@H](c2ccc3c(c2)OCO3)c2c(-c3ccccc3)nn(-c3cccc(C)c3)c21. The van der Waals surface area contributed by atoms with E-state index < -0.39 is 0 Å². The summed E-state index contributed by atoms with van der Waals surface area (Å²) in [6.45, 7) is 6.09. The topological polar surface area (TPSA) is 85.7 Å². The standard InChI is InChI=1S/C32H32N4O4S/c1-4-21(3)33-27(37)17-35-28(38)18-41-31(23-13-14-25-26(16-23)40-19-39-25)29-30(22-10-6-5-7-11-22)34-36(32(29)35)24-12-8-9-20(2)15-24/h5-16,21,31H,4,17-19H2,1-3H3,(H,33,37)/t21-,31+/m0/s1. The summed E-state index contributed by atoms with van der Waals surface area (Å²) in [5.41, 5.74) is 5.43. The van der Waals surface area contributed by atoms with Gasteiger partial charge in [0, 0.05) is 17.2 Å². The fraction of sp³-hybridized carbons (Fsp3) is 0.281. The van der Waals surface area contributed by atoms with Crippen molar-refractivity contribution < 1.29 is 19.1 Å². The predicted molar refractivity (Wildman–Crippen MR) is 161 cm³/mol. The van der Waals surface area contributed by atoms with Crippen molar-refractivity contribution in [3.8, 4) is 28.4 Å². The van der Waals surface area contributed by atoms with E-state index in [0.717, 1.165) is 40.1 Å². The third-order valence-corrected chi connectivity index (χ3v) is 8.66. The van der Waals surface area contributed by atoms with E-state index in [1.165, 1.54) is 11.8 Å². The van der Waals surface area contributed by atoms with Crippen LogP contribution in [0.15, 0.2) is 72.8 Å². The molecule has 0 aliphatic carbocycles. The average molecular weight is 569 g/mol. The first-order valence-electron chi connectivity index (χ1n) is 13.8. The van der Waals surface area contributed by atoms with Gasteiger partial charge < -0.3 is 14.8 Å². The van der Waals surface area contributed by atoms with Crippen molar-refractivity contribution in [1.82, 2.24) is 15.1 Å². The fourth-order valence-corrected chi connectivity index (χ4v) is 6.36. The molecule has 0 bridgehead atoms. The van der Waals surface area contributed by atoms with Gasteiger partial charge in [-0.05, 0) is 55.7 Å². The van der Waals surface area contributed by atoms with Gasteiger partial charge in [-0.25, -0.2) is 4.68 Å². The number of amides is 2. The Kier molecular flexibility index (Phi) is 7.45. The van der Waals surface area contributed by atoms with Gasteiger partial charge >= 0.3 is 0 Å². The lowest BCUT2D eigenvalue weighted by Crippen LogP contribution is -2.44. The van der Waals surface area contributed by atoms with Crippen LogP contribution in [0.3, 0.4) is 0 Å². The van der Waals surface area contributed by atoms with Gasteiger partial charge in [-0.3, -0.25) is 14.5 Å². The van der Waals surface area contributed by atoms with Crippen LogP contribution in [0.4, 0.5) is 5.82 Å². The number of fused-ring (bicyclic) bond motifs is 2. The molecule has 0 spiro atoms. The lowest BCUT2D eigenvalue weighted by Gasteiger charge is -2.24. The minimum Gasteiger partial charge on any atom is -0.454 e. The second-order valence-electron chi connectivity index (χ2n) is 10.4. The third-order valence-electron chi connectivity index (χ3n) is 7.40. The molecule has 9 heteroatoms. The Balaban J connectivity index is 1.59. The van der Waals surface area contributed by atoms with Crippen molar-refractivity contribution in [2.45, 2.75) is 38.5 Å². The number of aryl methyl sites for hydroxylation is 1. The van der Waals surface area contributed by atoms with Crippen LogP contribution in [0.25, 0.3) is 16.9 Å². The maximum atomic E-state index is 13.9. The molecular formula is C32H32N4O4S. The van der Waals surface area contributed by atoms with Crippen molar-refractivity contribution in [1.29, 1.82) is 0 Å². The number of thioether (sulfide) groups is 1. The minimum absolute atomic E-state index is 0.00127. The number of aromatic nitrogens is 2. The first-order valence-corrected chi connectivity index (χ1v) is 14.8. The zero-order chi connectivity index (χ0) is 28.5. The second-order valence-corrected chi connectivity index (χ2v) is 11.5. The van der Waals surface area contributed by atoms with Gasteiger partial charge in [0.05, 0.1) is 22.4 Å². The number of nitrogens with one attached hydrogen (secondary N) is 1. The second kappa shape index (κ2) is 11.3. The molecule has 3 heterocycles. The number of hydrogen-bond donors (Lipinski definition) is 1. The summed E-state index contributed by atoms with van der Waals surface area (Å²) < 4.78 is 13.1. The first-order chi connectivity index (χ1) is 19.9. The van der Waals surface area contributed by atoms with Crippen LogP contribution in [-0.4, -0.2) is 46.7 Å². The highest BCUT2D eigenvalue weighted by molar-refractivity contribution is 8.00. The Morgan fingerprint density at radius 1 is 1.07 bits per heavy atom. The highest BCUT2D eigenvalue weighted by atomic mass is 32.2. The lowest BCUT2D eigenvalue weighted by molar-refractivity contribution is -0.123. The van der Waals surface area contributed by atoms with Gasteiger partial charge in [-0.15, -0.1) is 11.8 Å². The Morgan fingerprint density at radius 2 is 1.88 bits per heavy atom. The van der Waals surface area contributed by atoms with E-state index >= 15 is 0 Å². The Morgan fingerprint density at radius 3 is 2.66 bits per heavy atom. The molecule has 0 radical (unpaired) electrons. The van der Waals surface area contributed by atoms with E-state index in [0.29, 0.717) is 17.3 Å². The monoisotopic (exact) mass is 568 g/mol. The quantitative estimate of drug-likeness (QED) is 0.310. The van der Waals surface area contributed by atoms with E-state index in [1.807, 2.05) is 98.2 Å². The number of rotatable bonds is 7. The number of carbonyl (C=O) groups excluding carboxylic acids is 2. The molecule has 4 aromatic rings. The van der Waals surface area contributed by atoms with Crippen LogP contribution in [0.1, 0.15) is 42.2 Å². The molecule has 3 aromatic carbocycles. The number of benzene rings is 3. The summed E-state index contributed by atoms with van der Waals surface area (Å²) in [5, 5.41) is 7.93. The Hall–Kier alpha value is -4.24. The summed E-state index contributed by atoms with van der Waals surface area (Å²) in [4.78, 5) is 28.7. The largest absolute Gasteiger partial charge is 0.454 e. The molecule has 8 nitrogen and oxygen atoms in total. The van der Waals surface area contributed by atoms with Crippen molar-refractivity contribution in [2.24, 2.45) is 0 Å². The molecule has 2 atom stereocenters. The van der Waals surface area contributed by atoms with Crippen LogP contribution >= 0.6 is 11.8 Å². The maximum absolute atomic E-state index is 13.9. The van der Waals surface area contributed by atoms with E-state index in [9.17, 15) is 9.59 Å². The van der Waals surface area contributed by atoms with Crippen molar-refractivity contribution in [2.75, 3.05) is 24.0 Å². The predicted octanol–water partition coefficient (Wildman–Crippen LogP) is 5.66. The summed E-state index contributed by atoms with van der Waals surface area (Å²) in [6.07, 6.45) is 0.798. The highest BCUT2D eigenvalue weighted by Crippen LogP contribution is 2.50. The molecule has 1 aromatic heterocycles. The lowest BCUT2D eigenvalue weighted by atomic mass is 9.99. The summed E-state index contributed by atoms with van der Waals surface area (Å²) in [7, 11) is 0. The molecule has 41 heavy (non-hydrogen) atoms. The smallest absolute Gasteiger partial charge is 0.240 e. The molecule has 210 valence electrons. The molecule has 0 saturated heterocycles. The van der Waals surface area contributed by atoms with Gasteiger partial charge in [0.15, 0.2) is 11.5 Å². The van der Waals surface area contributed by atoms with Crippen LogP contribution < -0.4 is 19.7 Å². The maximum Gasteiger partial charge on any atom is 0.240 e. The number of anilines is 1. The molecule has 0 unspecified atom stereocenters. The summed E-state index contributed by atoms with van der Waals surface area (Å²) in [5.74, 6) is 1.83. The van der Waals surface area contributed by atoms with Crippen LogP contribution in [0.5, 0.6) is 11.5 Å². The molecule has 0 saturated carbocycles. The average Bonchev–Trinajstić information content (AvgIpc) is 3.58. The zero-order valence-corrected chi connectivity index (χ0v) is 24.1. The number of hydrogen-bond acceptors (Lipinski definition) is 6. The molecule has 0 fully saturated rings. The molecule has 6 rings (SSSR count). The normalized spacial score (nSPS) is 16.7. The minimum atomic E-state index is -0.250. The Bertz CT molecular complexity index is 1600. The van der Waals surface area contributed by atoms with E-state index in [2.05, 4.69) is 5.32 Å².